The zero-order chi connectivity index (χ0) is 13.9. The maximum atomic E-state index is 11.6. The van der Waals surface area contributed by atoms with Gasteiger partial charge in [0.15, 0.2) is 0 Å². The number of nitrogens with one attached hydrogen (secondary N) is 1. The number of carbonyl (C=O) groups is 2. The largest absolute Gasteiger partial charge is 1.00 e. The molecule has 0 aliphatic carbocycles. The van der Waals surface area contributed by atoms with E-state index in [1.807, 2.05) is 52.1 Å². The average Bonchev–Trinajstić information content (AvgIpc) is 2.23. The second-order valence-electron chi connectivity index (χ2n) is 3.49. The molecule has 0 atom stereocenters. The van der Waals surface area contributed by atoms with Crippen molar-refractivity contribution >= 4 is 85.3 Å². The van der Waals surface area contributed by atoms with Crippen molar-refractivity contribution in [1.29, 1.82) is 0 Å². The van der Waals surface area contributed by atoms with E-state index >= 15 is 0 Å². The Morgan fingerprint density at radius 1 is 1.26 bits per heavy atom. The number of carboxylic acid groups (broad SMARTS) is 1. The fourth-order valence-corrected chi connectivity index (χ4v) is 5.40. The molecule has 8 heteroatoms. The fraction of sp³-hybridized carbons (Fsp3) is 0.273. The van der Waals surface area contributed by atoms with E-state index in [-0.39, 0.29) is 41.0 Å². The molecule has 1 aromatic carbocycles. The topological polar surface area (TPSA) is 69.2 Å². The molecular formula is C11H9I3NNaO3. The molecule has 0 spiro atoms. The smallest absolute Gasteiger partial charge is 0.545 e. The molecular weight excluding hydrogens is 598 g/mol. The fourth-order valence-electron chi connectivity index (χ4n) is 1.32. The van der Waals surface area contributed by atoms with Crippen LogP contribution in [0.3, 0.4) is 0 Å². The zero-order valence-electron chi connectivity index (χ0n) is 10.4. The summed E-state index contributed by atoms with van der Waals surface area (Å²) in [6.45, 7) is 1.91. The van der Waals surface area contributed by atoms with Crippen LogP contribution in [0.5, 0.6) is 0 Å². The molecule has 0 bridgehead atoms. The summed E-state index contributed by atoms with van der Waals surface area (Å²) in [6, 6.07) is 1.72. The summed E-state index contributed by atoms with van der Waals surface area (Å²) in [5.74, 6) is -1.34. The first-order valence-electron chi connectivity index (χ1n) is 5.07. The van der Waals surface area contributed by atoms with E-state index in [1.165, 1.54) is 0 Å². The van der Waals surface area contributed by atoms with Crippen LogP contribution in [-0.2, 0) is 4.79 Å². The van der Waals surface area contributed by atoms with Crippen molar-refractivity contribution in [1.82, 2.24) is 0 Å². The maximum Gasteiger partial charge on any atom is 1.00 e. The number of hydrogen-bond acceptors (Lipinski definition) is 3. The summed E-state index contributed by atoms with van der Waals surface area (Å²) < 4.78 is 1.93. The monoisotopic (exact) mass is 607 g/mol. The van der Waals surface area contributed by atoms with Crippen molar-refractivity contribution in [2.75, 3.05) is 5.32 Å². The van der Waals surface area contributed by atoms with E-state index in [0.717, 1.165) is 9.99 Å². The molecule has 0 saturated heterocycles. The summed E-state index contributed by atoms with van der Waals surface area (Å²) in [5.41, 5.74) is 0.678. The number of aromatic carboxylic acids is 1. The van der Waals surface area contributed by atoms with Crippen molar-refractivity contribution in [2.45, 2.75) is 19.8 Å². The van der Waals surface area contributed by atoms with Gasteiger partial charge in [0.05, 0.1) is 11.7 Å². The number of carboxylic acids is 1. The van der Waals surface area contributed by atoms with Crippen LogP contribution in [0.25, 0.3) is 0 Å². The molecule has 98 valence electrons. The Morgan fingerprint density at radius 3 is 2.32 bits per heavy atom. The van der Waals surface area contributed by atoms with E-state index in [4.69, 9.17) is 0 Å². The number of rotatable bonds is 4. The van der Waals surface area contributed by atoms with Gasteiger partial charge >= 0.3 is 29.6 Å². The second kappa shape index (κ2) is 9.38. The van der Waals surface area contributed by atoms with Crippen molar-refractivity contribution in [3.63, 3.8) is 0 Å². The Hall–Kier alpha value is 1.35. The number of anilines is 1. The summed E-state index contributed by atoms with van der Waals surface area (Å²) in [6.07, 6.45) is 1.16. The Kier molecular flexibility index (Phi) is 10.1. The first-order chi connectivity index (χ1) is 8.38. The van der Waals surface area contributed by atoms with Gasteiger partial charge in [0.25, 0.3) is 0 Å². The normalized spacial score (nSPS) is 9.68. The SMILES string of the molecule is CCCC(=O)Nc1c(I)cc(I)c(C(=O)[O-])c1I.[Na+]. The Morgan fingerprint density at radius 2 is 1.84 bits per heavy atom. The van der Waals surface area contributed by atoms with Gasteiger partial charge in [-0.2, -0.15) is 0 Å². The molecule has 0 unspecified atom stereocenters. The Labute approximate surface area is 174 Å². The van der Waals surface area contributed by atoms with E-state index < -0.39 is 5.97 Å². The summed E-state index contributed by atoms with van der Waals surface area (Å²) in [5, 5.41) is 13.8. The van der Waals surface area contributed by atoms with Crippen molar-refractivity contribution in [3.8, 4) is 0 Å². The molecule has 0 saturated carbocycles. The standard InChI is InChI=1S/C11H10I3NO3.Na/c1-2-3-7(16)15-10-6(13)4-5(12)8(9(10)14)11(17)18;/h4H,2-3H2,1H3,(H,15,16)(H,17,18);/q;+1/p-1. The van der Waals surface area contributed by atoms with Gasteiger partial charge in [-0.25, -0.2) is 0 Å². The predicted octanol–water partition coefficient (Wildman–Crippen LogP) is -0.393. The van der Waals surface area contributed by atoms with Crippen molar-refractivity contribution in [3.05, 3.63) is 22.3 Å². The van der Waals surface area contributed by atoms with Crippen LogP contribution in [0, 0.1) is 10.7 Å². The molecule has 1 N–H and O–H groups in total. The van der Waals surface area contributed by atoms with Crippen molar-refractivity contribution < 1.29 is 44.3 Å². The molecule has 0 aliphatic heterocycles. The molecule has 0 aromatic heterocycles. The number of benzene rings is 1. The van der Waals surface area contributed by atoms with Gasteiger partial charge in [0, 0.05) is 22.7 Å². The number of carbonyl (C=O) groups excluding carboxylic acids is 2. The molecule has 0 aliphatic rings. The molecule has 4 nitrogen and oxygen atoms in total. The first kappa shape index (κ1) is 20.3. The minimum Gasteiger partial charge on any atom is -0.545 e. The van der Waals surface area contributed by atoms with Gasteiger partial charge < -0.3 is 15.2 Å². The minimum atomic E-state index is -1.23. The predicted molar refractivity (Wildman–Crippen MR) is 92.5 cm³/mol. The van der Waals surface area contributed by atoms with Crippen LogP contribution >= 0.6 is 67.8 Å². The molecule has 1 aromatic rings. The van der Waals surface area contributed by atoms with Gasteiger partial charge in [0.1, 0.15) is 0 Å². The van der Waals surface area contributed by atoms with E-state index in [0.29, 0.717) is 19.2 Å². The molecule has 0 heterocycles. The molecule has 0 fully saturated rings. The maximum absolute atomic E-state index is 11.6. The first-order valence-corrected chi connectivity index (χ1v) is 8.30. The van der Waals surface area contributed by atoms with Crippen LogP contribution in [0.1, 0.15) is 30.1 Å². The summed E-state index contributed by atoms with van der Waals surface area (Å²) >= 11 is 5.95. The number of amides is 1. The second-order valence-corrected chi connectivity index (χ2v) is 6.89. The third kappa shape index (κ3) is 5.57. The van der Waals surface area contributed by atoms with E-state index in [1.54, 1.807) is 6.07 Å². The van der Waals surface area contributed by atoms with Gasteiger partial charge in [0.2, 0.25) is 5.91 Å². The summed E-state index contributed by atoms with van der Waals surface area (Å²) in [4.78, 5) is 22.7. The number of halogens is 3. The quantitative estimate of drug-likeness (QED) is 0.375. The van der Waals surface area contributed by atoms with Crippen LogP contribution in [0.2, 0.25) is 0 Å². The molecule has 19 heavy (non-hydrogen) atoms. The molecule has 1 rings (SSSR count). The van der Waals surface area contributed by atoms with E-state index in [9.17, 15) is 14.7 Å². The Bertz CT molecular complexity index is 508. The van der Waals surface area contributed by atoms with Gasteiger partial charge in [-0.3, -0.25) is 4.79 Å². The van der Waals surface area contributed by atoms with Crippen molar-refractivity contribution in [2.24, 2.45) is 0 Å². The van der Waals surface area contributed by atoms with Crippen LogP contribution in [0.4, 0.5) is 5.69 Å². The van der Waals surface area contributed by atoms with Gasteiger partial charge in [-0.15, -0.1) is 0 Å². The number of hydrogen-bond donors (Lipinski definition) is 1. The zero-order valence-corrected chi connectivity index (χ0v) is 18.8. The molecule has 1 amide bonds. The third-order valence-corrected chi connectivity index (χ3v) is 4.90. The molecule has 0 radical (unpaired) electrons. The van der Waals surface area contributed by atoms with Gasteiger partial charge in [-0.1, -0.05) is 6.92 Å². The van der Waals surface area contributed by atoms with Crippen LogP contribution < -0.4 is 40.0 Å². The summed E-state index contributed by atoms with van der Waals surface area (Å²) in [7, 11) is 0. The Balaban J connectivity index is 0.00000324. The average molecular weight is 607 g/mol. The van der Waals surface area contributed by atoms with E-state index in [2.05, 4.69) is 27.9 Å². The minimum absolute atomic E-state index is 0. The van der Waals surface area contributed by atoms with Crippen LogP contribution in [0.15, 0.2) is 6.07 Å². The van der Waals surface area contributed by atoms with Gasteiger partial charge in [-0.05, 0) is 80.3 Å². The van der Waals surface area contributed by atoms with Crippen LogP contribution in [-0.4, -0.2) is 11.9 Å². The third-order valence-electron chi connectivity index (χ3n) is 2.12.